The first-order valence-electron chi connectivity index (χ1n) is 7.43. The fourth-order valence-electron chi connectivity index (χ4n) is 3.64. The Bertz CT molecular complexity index is 864. The molecule has 0 saturated heterocycles. The fourth-order valence-corrected chi connectivity index (χ4v) is 18.1. The van der Waals surface area contributed by atoms with E-state index in [-0.39, 0.29) is 7.25 Å². The first kappa shape index (κ1) is 16.5. The molecular formula is C18H14Cl3SZr. The second kappa shape index (κ2) is 5.51. The molecule has 2 unspecified atom stereocenters. The number of halogens is 3. The van der Waals surface area contributed by atoms with Crippen LogP contribution >= 0.6 is 38.0 Å². The summed E-state index contributed by atoms with van der Waals surface area (Å²) < 4.78 is -0.0727. The molecule has 117 valence electrons. The van der Waals surface area contributed by atoms with Crippen LogP contribution in [0, 0.1) is 0 Å². The maximum atomic E-state index is 7.21. The monoisotopic (exact) mass is 457 g/mol. The van der Waals surface area contributed by atoms with Crippen LogP contribution < -0.4 is 0 Å². The summed E-state index contributed by atoms with van der Waals surface area (Å²) in [6.45, 7) is 0. The van der Waals surface area contributed by atoms with Crippen LogP contribution in [0.1, 0.15) is 29.5 Å². The van der Waals surface area contributed by atoms with E-state index >= 15 is 0 Å². The van der Waals surface area contributed by atoms with Crippen molar-refractivity contribution in [2.24, 2.45) is 0 Å². The van der Waals surface area contributed by atoms with E-state index in [0.717, 1.165) is 16.1 Å². The second-order valence-corrected chi connectivity index (χ2v) is 34.6. The van der Waals surface area contributed by atoms with E-state index in [2.05, 4.69) is 36.4 Å². The number of benzene rings is 2. The number of allylic oxidation sites excluding steroid dienone is 2. The molecule has 2 aromatic rings. The van der Waals surface area contributed by atoms with Gasteiger partial charge in [-0.1, -0.05) is 0 Å². The minimum absolute atomic E-state index is 0.0149. The van der Waals surface area contributed by atoms with Crippen LogP contribution in [0.3, 0.4) is 0 Å². The average molecular weight is 460 g/mol. The van der Waals surface area contributed by atoms with Crippen molar-refractivity contribution in [3.8, 4) is 0 Å². The van der Waals surface area contributed by atoms with Gasteiger partial charge in [0.15, 0.2) is 0 Å². The Labute approximate surface area is 153 Å². The predicted molar refractivity (Wildman–Crippen MR) is 102 cm³/mol. The molecule has 0 amide bonds. The summed E-state index contributed by atoms with van der Waals surface area (Å²) in [6, 6.07) is 14.2. The van der Waals surface area contributed by atoms with Gasteiger partial charge in [-0.2, -0.15) is 0 Å². The van der Waals surface area contributed by atoms with Crippen LogP contribution in [-0.2, 0) is 14.9 Å². The first-order chi connectivity index (χ1) is 10.9. The fraction of sp³-hybridized carbons (Fsp3) is 0.111. The molecule has 0 aromatic heterocycles. The number of thiol groups is 1. The SMILES string of the molecule is [SH][Zr]([Cl])([Cl])([CH]1C=Cc2ccccc21)[CH]1C=Cc2c(Cl)cccc21. The Morgan fingerprint density at radius 2 is 1.48 bits per heavy atom. The zero-order valence-corrected chi connectivity index (χ0v) is 17.7. The summed E-state index contributed by atoms with van der Waals surface area (Å²) >= 11 is 1.82. The van der Waals surface area contributed by atoms with E-state index in [1.165, 1.54) is 11.1 Å². The van der Waals surface area contributed by atoms with Crippen molar-refractivity contribution >= 4 is 50.2 Å². The summed E-state index contributed by atoms with van der Waals surface area (Å²) in [6.07, 6.45) is 8.34. The van der Waals surface area contributed by atoms with E-state index in [1.807, 2.05) is 30.3 Å². The van der Waals surface area contributed by atoms with Crippen molar-refractivity contribution in [3.63, 3.8) is 0 Å². The molecule has 23 heavy (non-hydrogen) atoms. The van der Waals surface area contributed by atoms with Crippen molar-refractivity contribution in [2.75, 3.05) is 0 Å². The molecule has 0 radical (unpaired) electrons. The number of hydrogen-bond donors (Lipinski definition) is 1. The van der Waals surface area contributed by atoms with E-state index in [0.29, 0.717) is 0 Å². The van der Waals surface area contributed by atoms with Gasteiger partial charge in [0.05, 0.1) is 0 Å². The molecule has 0 aliphatic heterocycles. The van der Waals surface area contributed by atoms with Gasteiger partial charge in [0.1, 0.15) is 0 Å². The third-order valence-corrected chi connectivity index (χ3v) is 21.9. The Kier molecular flexibility index (Phi) is 3.95. The van der Waals surface area contributed by atoms with Gasteiger partial charge in [0.2, 0.25) is 0 Å². The minimum atomic E-state index is -4.50. The summed E-state index contributed by atoms with van der Waals surface area (Å²) in [7, 11) is 19.4. The molecule has 0 N–H and O–H groups in total. The van der Waals surface area contributed by atoms with Gasteiger partial charge in [0, 0.05) is 0 Å². The zero-order chi connectivity index (χ0) is 16.3. The van der Waals surface area contributed by atoms with Crippen LogP contribution in [0.2, 0.25) is 5.02 Å². The molecule has 2 atom stereocenters. The van der Waals surface area contributed by atoms with Crippen molar-refractivity contribution in [1.29, 1.82) is 0 Å². The molecule has 4 rings (SSSR count). The van der Waals surface area contributed by atoms with Gasteiger partial charge < -0.3 is 0 Å². The van der Waals surface area contributed by atoms with Crippen molar-refractivity contribution in [3.05, 3.63) is 81.9 Å². The molecule has 5 heteroatoms. The van der Waals surface area contributed by atoms with Crippen LogP contribution in [0.25, 0.3) is 12.2 Å². The van der Waals surface area contributed by atoms with E-state index in [4.69, 9.17) is 38.0 Å². The predicted octanol–water partition coefficient (Wildman–Crippen LogP) is 7.02. The quantitative estimate of drug-likeness (QED) is 0.458. The Morgan fingerprint density at radius 1 is 0.826 bits per heavy atom. The molecule has 0 heterocycles. The van der Waals surface area contributed by atoms with Gasteiger partial charge in [-0.3, -0.25) is 0 Å². The van der Waals surface area contributed by atoms with Crippen LogP contribution in [0.15, 0.2) is 54.6 Å². The van der Waals surface area contributed by atoms with Crippen LogP contribution in [0.5, 0.6) is 0 Å². The Hall–Kier alpha value is 0.0231. The molecule has 2 aliphatic carbocycles. The third kappa shape index (κ3) is 2.53. The number of hydrogen-bond acceptors (Lipinski definition) is 1. The molecular weight excluding hydrogens is 446 g/mol. The van der Waals surface area contributed by atoms with Crippen molar-refractivity contribution in [1.82, 2.24) is 0 Å². The average Bonchev–Trinajstić information content (AvgIpc) is 3.12. The summed E-state index contributed by atoms with van der Waals surface area (Å²) in [5.74, 6) is 0. The Morgan fingerprint density at radius 3 is 2.30 bits per heavy atom. The van der Waals surface area contributed by atoms with E-state index < -0.39 is 14.9 Å². The van der Waals surface area contributed by atoms with E-state index in [1.54, 1.807) is 0 Å². The zero-order valence-electron chi connectivity index (χ0n) is 12.1. The Balaban J connectivity index is 1.85. The second-order valence-electron chi connectivity index (χ2n) is 6.15. The topological polar surface area (TPSA) is 0 Å². The normalized spacial score (nSPS) is 23.4. The van der Waals surface area contributed by atoms with E-state index in [9.17, 15) is 0 Å². The van der Waals surface area contributed by atoms with Crippen LogP contribution in [-0.4, -0.2) is 0 Å². The van der Waals surface area contributed by atoms with Gasteiger partial charge in [-0.15, -0.1) is 0 Å². The van der Waals surface area contributed by atoms with Gasteiger partial charge in [0.25, 0.3) is 0 Å². The molecule has 0 spiro atoms. The maximum absolute atomic E-state index is 7.21. The molecule has 2 aliphatic rings. The molecule has 0 nitrogen and oxygen atoms in total. The standard InChI is InChI=1S/C9H6Cl.C9H7.2ClH.H2S.Zr/c10-9-6-2-4-7-3-1-5-8(7)9;1-2-5-9-7-3-6-8(9)4-1;;;;/h1-6H;1-7H;2*1H;1H2;/q;;;;;+3/p-3. The summed E-state index contributed by atoms with van der Waals surface area (Å²) in [5, 5.41) is 0.732. The molecule has 0 saturated carbocycles. The summed E-state index contributed by atoms with van der Waals surface area (Å²) in [4.78, 5) is 0. The molecule has 0 bridgehead atoms. The third-order valence-electron chi connectivity index (χ3n) is 4.78. The van der Waals surface area contributed by atoms with Crippen LogP contribution in [0.4, 0.5) is 0 Å². The number of rotatable bonds is 2. The van der Waals surface area contributed by atoms with Crippen molar-refractivity contribution < 1.29 is 14.9 Å². The molecule has 0 fully saturated rings. The van der Waals surface area contributed by atoms with Gasteiger partial charge in [-0.25, -0.2) is 0 Å². The first-order valence-corrected chi connectivity index (χ1v) is 20.7. The summed E-state index contributed by atoms with van der Waals surface area (Å²) in [5.41, 5.74) is 4.48. The number of fused-ring (bicyclic) bond motifs is 2. The van der Waals surface area contributed by atoms with Gasteiger partial charge >= 0.3 is 154 Å². The van der Waals surface area contributed by atoms with Gasteiger partial charge in [-0.05, 0) is 0 Å². The van der Waals surface area contributed by atoms with Crippen molar-refractivity contribution in [2.45, 2.75) is 7.25 Å². The molecule has 2 aromatic carbocycles.